The van der Waals surface area contributed by atoms with E-state index < -0.39 is 0 Å². The van der Waals surface area contributed by atoms with Gasteiger partial charge in [0, 0.05) is 31.0 Å². The first-order valence-corrected chi connectivity index (χ1v) is 7.14. The average molecular weight is 251 g/mol. The smallest absolute Gasteiger partial charge is 0.312 e. The molecule has 1 saturated carbocycles. The minimum Gasteiger partial charge on any atom is -0.312 e. The molecule has 0 spiro atoms. The molecule has 0 radical (unpaired) electrons. The molecule has 1 N–H and O–H groups in total. The number of rotatable bonds is 7. The van der Waals surface area contributed by atoms with Crippen LogP contribution in [-0.4, -0.2) is 21.7 Å². The minimum atomic E-state index is 0.119. The van der Waals surface area contributed by atoms with Gasteiger partial charge in [0.2, 0.25) is 0 Å². The molecule has 0 aromatic carbocycles. The van der Waals surface area contributed by atoms with Crippen molar-refractivity contribution < 1.29 is 0 Å². The molecule has 1 unspecified atom stereocenters. The third-order valence-corrected chi connectivity index (χ3v) is 3.67. The Balaban J connectivity index is 2.04. The summed E-state index contributed by atoms with van der Waals surface area (Å²) >= 11 is 0. The van der Waals surface area contributed by atoms with Crippen LogP contribution in [0.15, 0.2) is 17.2 Å². The summed E-state index contributed by atoms with van der Waals surface area (Å²) in [5, 5.41) is 3.58. The zero-order valence-corrected chi connectivity index (χ0v) is 11.7. The summed E-state index contributed by atoms with van der Waals surface area (Å²) in [5.41, 5.74) is 0.119. The Bertz CT molecular complexity index is 428. The van der Waals surface area contributed by atoms with Crippen molar-refractivity contribution in [3.8, 4) is 0 Å². The Hall–Kier alpha value is -1.03. The van der Waals surface area contributed by atoms with Crippen molar-refractivity contribution >= 4 is 0 Å². The highest BCUT2D eigenvalue weighted by Crippen LogP contribution is 2.33. The molecule has 2 rings (SSSR count). The molecule has 0 saturated heterocycles. The summed E-state index contributed by atoms with van der Waals surface area (Å²) in [6, 6.07) is 0.701. The van der Waals surface area contributed by atoms with Gasteiger partial charge in [-0.1, -0.05) is 6.92 Å². The summed E-state index contributed by atoms with van der Waals surface area (Å²) in [6.45, 7) is 8.11. The van der Waals surface area contributed by atoms with E-state index in [0.29, 0.717) is 6.04 Å². The number of nitrogens with one attached hydrogen (secondary N) is 1. The Morgan fingerprint density at radius 3 is 2.61 bits per heavy atom. The summed E-state index contributed by atoms with van der Waals surface area (Å²) in [6.07, 6.45) is 7.58. The van der Waals surface area contributed by atoms with Crippen molar-refractivity contribution in [1.82, 2.24) is 14.5 Å². The lowest BCUT2D eigenvalue weighted by Gasteiger charge is -2.18. The van der Waals surface area contributed by atoms with Gasteiger partial charge in [-0.15, -0.1) is 0 Å². The summed E-state index contributed by atoms with van der Waals surface area (Å²) in [4.78, 5) is 12.2. The molecule has 1 aliphatic carbocycles. The van der Waals surface area contributed by atoms with Crippen LogP contribution in [-0.2, 0) is 6.54 Å². The Morgan fingerprint density at radius 1 is 1.39 bits per heavy atom. The number of aromatic nitrogens is 2. The van der Waals surface area contributed by atoms with Crippen molar-refractivity contribution in [2.24, 2.45) is 5.92 Å². The molecular weight excluding hydrogens is 226 g/mol. The van der Waals surface area contributed by atoms with E-state index in [9.17, 15) is 4.79 Å². The van der Waals surface area contributed by atoms with Gasteiger partial charge in [0.25, 0.3) is 0 Å². The van der Waals surface area contributed by atoms with Crippen LogP contribution in [0.3, 0.4) is 0 Å². The van der Waals surface area contributed by atoms with E-state index in [1.54, 1.807) is 4.57 Å². The van der Waals surface area contributed by atoms with E-state index in [-0.39, 0.29) is 11.7 Å². The quantitative estimate of drug-likeness (QED) is 0.805. The summed E-state index contributed by atoms with van der Waals surface area (Å²) in [7, 11) is 0. The van der Waals surface area contributed by atoms with E-state index in [0.717, 1.165) is 25.4 Å². The predicted octanol–water partition coefficient (Wildman–Crippen LogP) is 2.01. The molecule has 1 fully saturated rings. The maximum Gasteiger partial charge on any atom is 0.328 e. The first-order chi connectivity index (χ1) is 8.63. The maximum absolute atomic E-state index is 12.2. The highest BCUT2D eigenvalue weighted by atomic mass is 16.1. The van der Waals surface area contributed by atoms with Gasteiger partial charge in [0.05, 0.1) is 0 Å². The second-order valence-electron chi connectivity index (χ2n) is 5.63. The highest BCUT2D eigenvalue weighted by Gasteiger charge is 2.31. The average Bonchev–Trinajstić information content (AvgIpc) is 3.10. The van der Waals surface area contributed by atoms with Crippen LogP contribution in [0.1, 0.15) is 46.1 Å². The minimum absolute atomic E-state index is 0.119. The molecule has 1 aliphatic rings. The lowest BCUT2D eigenvalue weighted by atomic mass is 10.2. The van der Waals surface area contributed by atoms with Gasteiger partial charge >= 0.3 is 5.69 Å². The fraction of sp³-hybridized carbons (Fsp3) is 0.786. The molecule has 4 heteroatoms. The molecule has 4 nitrogen and oxygen atoms in total. The van der Waals surface area contributed by atoms with Gasteiger partial charge in [-0.3, -0.25) is 9.13 Å². The van der Waals surface area contributed by atoms with Crippen LogP contribution in [0.25, 0.3) is 0 Å². The molecule has 0 aliphatic heterocycles. The molecule has 0 amide bonds. The van der Waals surface area contributed by atoms with Crippen LogP contribution in [0, 0.1) is 5.92 Å². The van der Waals surface area contributed by atoms with Crippen LogP contribution in [0.4, 0.5) is 0 Å². The number of imidazole rings is 1. The topological polar surface area (TPSA) is 39.0 Å². The van der Waals surface area contributed by atoms with Crippen molar-refractivity contribution in [2.75, 3.05) is 6.54 Å². The zero-order chi connectivity index (χ0) is 13.1. The number of nitrogens with zero attached hydrogens (tertiary/aromatic N) is 2. The number of hydrogen-bond acceptors (Lipinski definition) is 2. The first-order valence-electron chi connectivity index (χ1n) is 7.14. The van der Waals surface area contributed by atoms with Gasteiger partial charge in [-0.2, -0.15) is 0 Å². The van der Waals surface area contributed by atoms with Crippen molar-refractivity contribution in [2.45, 2.75) is 58.7 Å². The van der Waals surface area contributed by atoms with Gasteiger partial charge < -0.3 is 5.32 Å². The third kappa shape index (κ3) is 3.05. The largest absolute Gasteiger partial charge is 0.328 e. The second kappa shape index (κ2) is 5.74. The molecule has 1 aromatic rings. The van der Waals surface area contributed by atoms with Gasteiger partial charge in [-0.25, -0.2) is 4.79 Å². The van der Waals surface area contributed by atoms with Crippen LogP contribution in [0.2, 0.25) is 0 Å². The molecule has 1 heterocycles. The van der Waals surface area contributed by atoms with Crippen LogP contribution in [0.5, 0.6) is 0 Å². The SMILES string of the molecule is CCCNC(Cn1ccn(C(C)C)c1=O)C1CC1. The lowest BCUT2D eigenvalue weighted by molar-refractivity contribution is 0.398. The molecule has 1 aromatic heterocycles. The van der Waals surface area contributed by atoms with Crippen molar-refractivity contribution in [3.63, 3.8) is 0 Å². The Morgan fingerprint density at radius 2 is 2.11 bits per heavy atom. The fourth-order valence-electron chi connectivity index (χ4n) is 2.38. The second-order valence-corrected chi connectivity index (χ2v) is 5.63. The van der Waals surface area contributed by atoms with E-state index in [1.807, 2.05) is 30.8 Å². The summed E-state index contributed by atoms with van der Waals surface area (Å²) < 4.78 is 3.65. The molecule has 0 bridgehead atoms. The van der Waals surface area contributed by atoms with E-state index in [1.165, 1.54) is 12.8 Å². The Kier molecular flexibility index (Phi) is 4.27. The third-order valence-electron chi connectivity index (χ3n) is 3.67. The van der Waals surface area contributed by atoms with E-state index >= 15 is 0 Å². The number of hydrogen-bond donors (Lipinski definition) is 1. The van der Waals surface area contributed by atoms with Gasteiger partial charge in [0.15, 0.2) is 0 Å². The molecular formula is C14H25N3O. The van der Waals surface area contributed by atoms with Gasteiger partial charge in [0.1, 0.15) is 0 Å². The van der Waals surface area contributed by atoms with Crippen LogP contribution >= 0.6 is 0 Å². The first kappa shape index (κ1) is 13.4. The predicted molar refractivity (Wildman–Crippen MR) is 73.9 cm³/mol. The zero-order valence-electron chi connectivity index (χ0n) is 11.7. The lowest BCUT2D eigenvalue weighted by Crippen LogP contribution is -2.38. The normalized spacial score (nSPS) is 17.3. The standard InChI is InChI=1S/C14H25N3O/c1-4-7-15-13(12-5-6-12)10-16-8-9-17(11(2)3)14(16)18/h8-9,11-13,15H,4-7,10H2,1-3H3. The monoisotopic (exact) mass is 251 g/mol. The van der Waals surface area contributed by atoms with E-state index in [4.69, 9.17) is 0 Å². The highest BCUT2D eigenvalue weighted by molar-refractivity contribution is 4.90. The van der Waals surface area contributed by atoms with E-state index in [2.05, 4.69) is 12.2 Å². The van der Waals surface area contributed by atoms with Crippen molar-refractivity contribution in [3.05, 3.63) is 22.9 Å². The Labute approximate surface area is 109 Å². The van der Waals surface area contributed by atoms with Crippen LogP contribution < -0.4 is 11.0 Å². The van der Waals surface area contributed by atoms with Crippen molar-refractivity contribution in [1.29, 1.82) is 0 Å². The fourth-order valence-corrected chi connectivity index (χ4v) is 2.38. The molecule has 18 heavy (non-hydrogen) atoms. The maximum atomic E-state index is 12.2. The molecule has 1 atom stereocenters. The molecule has 102 valence electrons. The summed E-state index contributed by atoms with van der Waals surface area (Å²) in [5.74, 6) is 0.769. The van der Waals surface area contributed by atoms with Gasteiger partial charge in [-0.05, 0) is 45.6 Å².